The average Bonchev–Trinajstić information content (AvgIpc) is 3.11. The molecule has 4 aliphatic heterocycles. The van der Waals surface area contributed by atoms with Crippen molar-refractivity contribution in [3.8, 4) is 0 Å². The lowest BCUT2D eigenvalue weighted by Crippen LogP contribution is -2.56. The maximum atomic E-state index is 14.1. The molecule has 0 aromatic carbocycles. The van der Waals surface area contributed by atoms with Gasteiger partial charge in [-0.2, -0.15) is 0 Å². The summed E-state index contributed by atoms with van der Waals surface area (Å²) in [5, 5.41) is 10.2. The highest BCUT2D eigenvalue weighted by Gasteiger charge is 2.71. The molecule has 0 bridgehead atoms. The fourth-order valence-electron chi connectivity index (χ4n) is 6.01. The highest BCUT2D eigenvalue weighted by atomic mass is 32.2. The minimum atomic E-state index is -0.799. The molecule has 6 atom stereocenters. The van der Waals surface area contributed by atoms with E-state index in [1.165, 1.54) is 0 Å². The van der Waals surface area contributed by atoms with Gasteiger partial charge < -0.3 is 19.8 Å². The van der Waals surface area contributed by atoms with Crippen LogP contribution in [0.25, 0.3) is 0 Å². The standard InChI is InChI=1S/C25H37N3O4S/c1-5-6-12-27-13-8-10-25-20(19-18(33-25)9-7-11-26(4)22(19)30)23(31)28(21(25)24(27)32)17(15-29)14-16(2)3/h7-10,16-21,29H,5-6,11-15H2,1-4H3/t17-,18+,19-,20+,21?,25+/m1/s1. The molecule has 33 heavy (non-hydrogen) atoms. The Labute approximate surface area is 201 Å². The number of aliphatic hydroxyl groups is 1. The number of nitrogens with zero attached hydrogens (tertiary/aromatic N) is 3. The summed E-state index contributed by atoms with van der Waals surface area (Å²) in [6.07, 6.45) is 10.6. The fraction of sp³-hybridized carbons (Fsp3) is 0.720. The Morgan fingerprint density at radius 1 is 1.15 bits per heavy atom. The van der Waals surface area contributed by atoms with Crippen LogP contribution in [0.2, 0.25) is 0 Å². The summed E-state index contributed by atoms with van der Waals surface area (Å²) in [7, 11) is 1.77. The summed E-state index contributed by atoms with van der Waals surface area (Å²) < 4.78 is -0.799. The van der Waals surface area contributed by atoms with Crippen molar-refractivity contribution >= 4 is 29.5 Å². The predicted octanol–water partition coefficient (Wildman–Crippen LogP) is 1.92. The van der Waals surface area contributed by atoms with Crippen LogP contribution in [0.4, 0.5) is 0 Å². The van der Waals surface area contributed by atoms with Crippen molar-refractivity contribution in [1.82, 2.24) is 14.7 Å². The molecule has 1 spiro atoms. The molecule has 0 aromatic rings. The second-order valence-corrected chi connectivity index (χ2v) is 11.7. The first-order valence-corrected chi connectivity index (χ1v) is 13.1. The second kappa shape index (κ2) is 9.45. The molecular weight excluding hydrogens is 438 g/mol. The number of aliphatic hydroxyl groups excluding tert-OH is 1. The Bertz CT molecular complexity index is 859. The molecule has 4 aliphatic rings. The molecule has 4 heterocycles. The third kappa shape index (κ3) is 3.93. The van der Waals surface area contributed by atoms with Gasteiger partial charge in [0.05, 0.1) is 29.2 Å². The lowest BCUT2D eigenvalue weighted by atomic mass is 9.78. The maximum absolute atomic E-state index is 14.1. The van der Waals surface area contributed by atoms with E-state index in [0.717, 1.165) is 12.8 Å². The Hall–Kier alpha value is -1.80. The molecule has 3 amide bonds. The Morgan fingerprint density at radius 3 is 2.58 bits per heavy atom. The van der Waals surface area contributed by atoms with Crippen LogP contribution in [0.3, 0.4) is 0 Å². The number of hydrogen-bond acceptors (Lipinski definition) is 5. The quantitative estimate of drug-likeness (QED) is 0.569. The summed E-state index contributed by atoms with van der Waals surface area (Å²) in [6.45, 7) is 7.70. The fourth-order valence-corrected chi connectivity index (χ4v) is 8.01. The van der Waals surface area contributed by atoms with Crippen LogP contribution < -0.4 is 0 Å². The van der Waals surface area contributed by atoms with E-state index in [1.54, 1.807) is 28.6 Å². The smallest absolute Gasteiger partial charge is 0.247 e. The van der Waals surface area contributed by atoms with Gasteiger partial charge in [-0.3, -0.25) is 14.4 Å². The zero-order valence-corrected chi connectivity index (χ0v) is 21.0. The Balaban J connectivity index is 1.83. The van der Waals surface area contributed by atoms with Gasteiger partial charge in [-0.1, -0.05) is 51.5 Å². The number of hydrogen-bond donors (Lipinski definition) is 1. The molecule has 8 heteroatoms. The van der Waals surface area contributed by atoms with Crippen molar-refractivity contribution in [2.75, 3.05) is 33.3 Å². The first kappa shape index (κ1) is 24.3. The van der Waals surface area contributed by atoms with Gasteiger partial charge >= 0.3 is 0 Å². The number of fused-ring (bicyclic) bond motifs is 2. The monoisotopic (exact) mass is 475 g/mol. The summed E-state index contributed by atoms with van der Waals surface area (Å²) >= 11 is 1.60. The molecule has 0 saturated carbocycles. The number of rotatable bonds is 7. The molecule has 1 N–H and O–H groups in total. The van der Waals surface area contributed by atoms with Gasteiger partial charge in [-0.15, -0.1) is 11.8 Å². The van der Waals surface area contributed by atoms with E-state index in [1.807, 2.05) is 29.2 Å². The average molecular weight is 476 g/mol. The van der Waals surface area contributed by atoms with Gasteiger partial charge in [0.15, 0.2) is 0 Å². The summed E-state index contributed by atoms with van der Waals surface area (Å²) in [5.41, 5.74) is 0. The van der Waals surface area contributed by atoms with Crippen molar-refractivity contribution in [2.45, 2.75) is 62.1 Å². The largest absolute Gasteiger partial charge is 0.394 e. The molecule has 182 valence electrons. The summed E-state index contributed by atoms with van der Waals surface area (Å²) in [4.78, 5) is 46.8. The van der Waals surface area contributed by atoms with Crippen LogP contribution in [0.15, 0.2) is 24.3 Å². The topological polar surface area (TPSA) is 81.2 Å². The van der Waals surface area contributed by atoms with E-state index < -0.39 is 28.7 Å². The molecule has 1 unspecified atom stereocenters. The number of amides is 3. The van der Waals surface area contributed by atoms with E-state index in [-0.39, 0.29) is 35.5 Å². The van der Waals surface area contributed by atoms with Crippen molar-refractivity contribution < 1.29 is 19.5 Å². The van der Waals surface area contributed by atoms with Gasteiger partial charge in [0, 0.05) is 31.9 Å². The predicted molar refractivity (Wildman–Crippen MR) is 129 cm³/mol. The van der Waals surface area contributed by atoms with Crippen molar-refractivity contribution in [3.05, 3.63) is 24.3 Å². The van der Waals surface area contributed by atoms with Crippen LogP contribution in [0.1, 0.15) is 40.0 Å². The molecule has 0 aliphatic carbocycles. The zero-order valence-electron chi connectivity index (χ0n) is 20.1. The van der Waals surface area contributed by atoms with E-state index in [0.29, 0.717) is 26.1 Å². The van der Waals surface area contributed by atoms with Crippen LogP contribution in [0.5, 0.6) is 0 Å². The van der Waals surface area contributed by atoms with Gasteiger partial charge in [-0.25, -0.2) is 0 Å². The molecule has 2 fully saturated rings. The highest BCUT2D eigenvalue weighted by molar-refractivity contribution is 8.02. The normalized spacial score (nSPS) is 34.5. The molecule has 0 aromatic heterocycles. The number of carbonyl (C=O) groups is 3. The van der Waals surface area contributed by atoms with E-state index in [9.17, 15) is 19.5 Å². The second-order valence-electron chi connectivity index (χ2n) is 10.2. The number of likely N-dealkylation sites (tertiary alicyclic amines) is 1. The van der Waals surface area contributed by atoms with E-state index >= 15 is 0 Å². The molecule has 4 rings (SSSR count). The van der Waals surface area contributed by atoms with Gasteiger partial charge in [0.1, 0.15) is 6.04 Å². The van der Waals surface area contributed by atoms with E-state index in [2.05, 4.69) is 20.8 Å². The SMILES string of the molecule is CCCCN1CC=C[C@]23S[C@H]4C=CCN(C)C(=O)[C@H]4[C@H]2C(=O)N([C@@H](CO)CC(C)C)C3C1=O. The molecule has 7 nitrogen and oxygen atoms in total. The molecule has 2 saturated heterocycles. The molecule has 0 radical (unpaired) electrons. The van der Waals surface area contributed by atoms with Crippen LogP contribution in [-0.2, 0) is 14.4 Å². The zero-order chi connectivity index (χ0) is 23.9. The first-order chi connectivity index (χ1) is 15.8. The lowest BCUT2D eigenvalue weighted by molar-refractivity contribution is -0.147. The van der Waals surface area contributed by atoms with Crippen molar-refractivity contribution in [1.29, 1.82) is 0 Å². The number of unbranched alkanes of at least 4 members (excludes halogenated alkanes) is 1. The van der Waals surface area contributed by atoms with Gasteiger partial charge in [0.2, 0.25) is 17.7 Å². The summed E-state index contributed by atoms with van der Waals surface area (Å²) in [5.74, 6) is -1.11. The third-order valence-corrected chi connectivity index (χ3v) is 9.25. The number of likely N-dealkylation sites (N-methyl/N-ethyl adjacent to an activating group) is 1. The summed E-state index contributed by atoms with van der Waals surface area (Å²) in [6, 6.07) is -1.15. The van der Waals surface area contributed by atoms with Gasteiger partial charge in [-0.05, 0) is 18.8 Å². The minimum absolute atomic E-state index is 0.0364. The lowest BCUT2D eigenvalue weighted by Gasteiger charge is -2.39. The first-order valence-electron chi connectivity index (χ1n) is 12.3. The van der Waals surface area contributed by atoms with E-state index in [4.69, 9.17) is 0 Å². The molecular formula is C25H37N3O4S. The number of thioether (sulfide) groups is 1. The maximum Gasteiger partial charge on any atom is 0.247 e. The van der Waals surface area contributed by atoms with Gasteiger partial charge in [0.25, 0.3) is 0 Å². The Morgan fingerprint density at radius 2 is 1.91 bits per heavy atom. The third-order valence-electron chi connectivity index (χ3n) is 7.51. The highest BCUT2D eigenvalue weighted by Crippen LogP contribution is 2.61. The Kier molecular flexibility index (Phi) is 6.97. The van der Waals surface area contributed by atoms with Crippen LogP contribution >= 0.6 is 11.8 Å². The minimum Gasteiger partial charge on any atom is -0.394 e. The van der Waals surface area contributed by atoms with Crippen LogP contribution in [0, 0.1) is 17.8 Å². The van der Waals surface area contributed by atoms with Crippen molar-refractivity contribution in [3.63, 3.8) is 0 Å². The van der Waals surface area contributed by atoms with Crippen molar-refractivity contribution in [2.24, 2.45) is 17.8 Å². The van der Waals surface area contributed by atoms with Crippen LogP contribution in [-0.4, -0.2) is 92.9 Å². The number of carbonyl (C=O) groups excluding carboxylic acids is 3.